The van der Waals surface area contributed by atoms with Crippen molar-refractivity contribution in [2.75, 3.05) is 28.3 Å². The predicted molar refractivity (Wildman–Crippen MR) is 147 cm³/mol. The molecule has 0 saturated carbocycles. The molecule has 0 amide bonds. The molecule has 5 heterocycles. The van der Waals surface area contributed by atoms with Crippen molar-refractivity contribution >= 4 is 54.4 Å². The van der Waals surface area contributed by atoms with E-state index in [1.165, 1.54) is 0 Å². The molecule has 4 atom stereocenters. The molecule has 2 N–H and O–H groups in total. The number of aromatic nitrogens is 3. The van der Waals surface area contributed by atoms with Gasteiger partial charge in [-0.1, -0.05) is 36.4 Å². The molecular formula is C30H31N4O3+. The fourth-order valence-corrected chi connectivity index (χ4v) is 7.62. The summed E-state index contributed by atoms with van der Waals surface area (Å²) in [6, 6.07) is 17.3. The monoisotopic (exact) mass is 495 g/mol. The van der Waals surface area contributed by atoms with Crippen molar-refractivity contribution in [1.82, 2.24) is 14.1 Å². The normalized spacial score (nSPS) is 25.8. The molecule has 3 aromatic carbocycles. The Morgan fingerprint density at radius 3 is 2.32 bits per heavy atom. The second-order valence-corrected chi connectivity index (χ2v) is 11.8. The number of quaternary nitrogens is 1. The lowest BCUT2D eigenvalue weighted by atomic mass is 9.91. The highest BCUT2D eigenvalue weighted by Crippen LogP contribution is 2.55. The van der Waals surface area contributed by atoms with Crippen molar-refractivity contribution in [2.24, 2.45) is 0 Å². The Morgan fingerprint density at radius 1 is 0.946 bits per heavy atom. The van der Waals surface area contributed by atoms with Crippen LogP contribution in [0.4, 0.5) is 0 Å². The Kier molecular flexibility index (Phi) is 3.88. The number of hydrogen-bond acceptors (Lipinski definition) is 3. The minimum atomic E-state index is -0.756. The molecule has 0 aliphatic carbocycles. The molecule has 2 aliphatic rings. The Bertz CT molecular complexity index is 1920. The molecule has 0 radical (unpaired) electrons. The van der Waals surface area contributed by atoms with E-state index in [1.54, 1.807) is 0 Å². The second-order valence-electron chi connectivity index (χ2n) is 11.8. The van der Waals surface area contributed by atoms with E-state index in [9.17, 15) is 5.11 Å². The number of ether oxygens (including phenoxy) is 2. The summed E-state index contributed by atoms with van der Waals surface area (Å²) >= 11 is 0. The highest BCUT2D eigenvalue weighted by Gasteiger charge is 2.56. The van der Waals surface area contributed by atoms with E-state index >= 15 is 0 Å². The molecule has 1 saturated heterocycles. The van der Waals surface area contributed by atoms with Gasteiger partial charge in [0.1, 0.15) is 12.3 Å². The maximum atomic E-state index is 11.1. The van der Waals surface area contributed by atoms with Gasteiger partial charge < -0.3 is 33.2 Å². The van der Waals surface area contributed by atoms with Gasteiger partial charge >= 0.3 is 0 Å². The van der Waals surface area contributed by atoms with Crippen LogP contribution in [-0.2, 0) is 15.2 Å². The van der Waals surface area contributed by atoms with Gasteiger partial charge in [0.2, 0.25) is 0 Å². The predicted octanol–water partition coefficient (Wildman–Crippen LogP) is 5.78. The van der Waals surface area contributed by atoms with Crippen LogP contribution in [-0.4, -0.2) is 64.1 Å². The molecule has 188 valence electrons. The topological polar surface area (TPSA) is 64.3 Å². The van der Waals surface area contributed by atoms with Gasteiger partial charge in [-0.25, -0.2) is 0 Å². The van der Waals surface area contributed by atoms with Gasteiger partial charge in [0, 0.05) is 46.7 Å². The van der Waals surface area contributed by atoms with Crippen LogP contribution >= 0.6 is 0 Å². The SMILES string of the molecule is CO[C@@H]1[C@H]([N+](C)(C)C)CC2O[C@]1(C)n1c3ccccc3c3c4c[nH]c(O)c4c4c5ccccc5n2c4c31. The number of fused-ring (bicyclic) bond motifs is 13. The van der Waals surface area contributed by atoms with E-state index in [4.69, 9.17) is 9.47 Å². The maximum Gasteiger partial charge on any atom is 0.197 e. The molecule has 2 bridgehead atoms. The summed E-state index contributed by atoms with van der Waals surface area (Å²) in [6.07, 6.45) is 2.39. The first-order valence-electron chi connectivity index (χ1n) is 13.0. The lowest BCUT2D eigenvalue weighted by Gasteiger charge is -2.51. The van der Waals surface area contributed by atoms with E-state index in [1.807, 2.05) is 13.3 Å². The molecule has 2 aliphatic heterocycles. The minimum absolute atomic E-state index is 0.177. The van der Waals surface area contributed by atoms with Crippen LogP contribution in [0, 0.1) is 0 Å². The van der Waals surface area contributed by atoms with Crippen LogP contribution in [0.15, 0.2) is 54.7 Å². The zero-order chi connectivity index (χ0) is 25.4. The number of hydrogen-bond donors (Lipinski definition) is 2. The second kappa shape index (κ2) is 6.67. The number of para-hydroxylation sites is 2. The number of nitrogens with one attached hydrogen (secondary N) is 1. The Labute approximate surface area is 214 Å². The van der Waals surface area contributed by atoms with E-state index < -0.39 is 5.72 Å². The van der Waals surface area contributed by atoms with Crippen molar-refractivity contribution in [1.29, 1.82) is 0 Å². The van der Waals surface area contributed by atoms with Crippen molar-refractivity contribution in [3.8, 4) is 5.88 Å². The highest BCUT2D eigenvalue weighted by molar-refractivity contribution is 6.36. The Balaban J connectivity index is 1.72. The highest BCUT2D eigenvalue weighted by atomic mass is 16.6. The van der Waals surface area contributed by atoms with Crippen molar-refractivity contribution < 1.29 is 19.1 Å². The number of aromatic hydroxyl groups is 1. The van der Waals surface area contributed by atoms with Crippen LogP contribution in [0.5, 0.6) is 5.88 Å². The standard InChI is InChI=1S/C30H30N4O3/c1-30-28(36-5)21(34(2,3)4)14-22(37-30)32-19-12-8-6-10-16(19)24-25-18(15-31-29(25)35)23-17-11-7-9-13-20(17)33(30)27(23)26(24)32/h6-13,15,21-22,28,31H,14H2,1-5H3/p+1/t21-,22?,28-,30+/m1/s1. The smallest absolute Gasteiger partial charge is 0.197 e. The van der Waals surface area contributed by atoms with E-state index in [2.05, 4.69) is 90.7 Å². The molecular weight excluding hydrogens is 464 g/mol. The Morgan fingerprint density at radius 2 is 1.62 bits per heavy atom. The van der Waals surface area contributed by atoms with Crippen LogP contribution in [0.1, 0.15) is 19.6 Å². The summed E-state index contributed by atoms with van der Waals surface area (Å²) in [7, 11) is 8.56. The average Bonchev–Trinajstić information content (AvgIpc) is 3.50. The number of rotatable bonds is 2. The van der Waals surface area contributed by atoms with Gasteiger partial charge in [-0.05, 0) is 19.1 Å². The van der Waals surface area contributed by atoms with Gasteiger partial charge in [-0.2, -0.15) is 0 Å². The van der Waals surface area contributed by atoms with E-state index in [0.29, 0.717) is 0 Å². The Hall–Kier alpha value is -3.52. The third kappa shape index (κ3) is 2.39. The number of nitrogens with zero attached hydrogens (tertiary/aromatic N) is 3. The molecule has 3 aromatic heterocycles. The summed E-state index contributed by atoms with van der Waals surface area (Å²) in [5, 5.41) is 17.5. The van der Waals surface area contributed by atoms with Crippen LogP contribution in [0.3, 0.4) is 0 Å². The number of benzene rings is 3. The molecule has 1 fully saturated rings. The molecule has 0 spiro atoms. The quantitative estimate of drug-likeness (QED) is 0.299. The average molecular weight is 496 g/mol. The number of methoxy groups -OCH3 is 1. The zero-order valence-electron chi connectivity index (χ0n) is 21.7. The summed E-state index contributed by atoms with van der Waals surface area (Å²) < 4.78 is 19.1. The van der Waals surface area contributed by atoms with Crippen molar-refractivity contribution in [2.45, 2.75) is 37.4 Å². The first kappa shape index (κ1) is 21.6. The zero-order valence-corrected chi connectivity index (χ0v) is 21.7. The third-order valence-electron chi connectivity index (χ3n) is 9.06. The van der Waals surface area contributed by atoms with Crippen LogP contribution in [0.25, 0.3) is 54.4 Å². The van der Waals surface area contributed by atoms with Gasteiger partial charge in [0.15, 0.2) is 17.7 Å². The van der Waals surface area contributed by atoms with Crippen LogP contribution in [0.2, 0.25) is 0 Å². The number of H-pyrrole nitrogens is 1. The number of likely N-dealkylation sites (N-methyl/N-ethyl adjacent to an activating group) is 1. The minimum Gasteiger partial charge on any atom is -0.494 e. The van der Waals surface area contributed by atoms with E-state index in [-0.39, 0.29) is 24.3 Å². The largest absolute Gasteiger partial charge is 0.494 e. The molecule has 1 unspecified atom stereocenters. The summed E-state index contributed by atoms with van der Waals surface area (Å²) in [5.74, 6) is 0.204. The van der Waals surface area contributed by atoms with Crippen LogP contribution < -0.4 is 0 Å². The fraction of sp³-hybridized carbons (Fsp3) is 0.333. The fourth-order valence-electron chi connectivity index (χ4n) is 7.62. The summed E-state index contributed by atoms with van der Waals surface area (Å²) in [6.45, 7) is 2.20. The van der Waals surface area contributed by atoms with Gasteiger partial charge in [0.25, 0.3) is 0 Å². The summed E-state index contributed by atoms with van der Waals surface area (Å²) in [5.41, 5.74) is 3.72. The number of aromatic amines is 1. The van der Waals surface area contributed by atoms with Crippen molar-refractivity contribution in [3.63, 3.8) is 0 Å². The van der Waals surface area contributed by atoms with Gasteiger partial charge in [-0.15, -0.1) is 0 Å². The molecule has 37 heavy (non-hydrogen) atoms. The third-order valence-corrected chi connectivity index (χ3v) is 9.06. The molecule has 7 nitrogen and oxygen atoms in total. The van der Waals surface area contributed by atoms with E-state index in [0.717, 1.165) is 65.3 Å². The molecule has 8 rings (SSSR count). The lowest BCUT2D eigenvalue weighted by molar-refractivity contribution is -0.904. The molecule has 6 aromatic rings. The first-order valence-corrected chi connectivity index (χ1v) is 13.0. The first-order chi connectivity index (χ1) is 17.8. The molecule has 7 heteroatoms. The van der Waals surface area contributed by atoms with Crippen molar-refractivity contribution in [3.05, 3.63) is 54.7 Å². The lowest BCUT2D eigenvalue weighted by Crippen LogP contribution is -2.64. The maximum absolute atomic E-state index is 11.1. The summed E-state index contributed by atoms with van der Waals surface area (Å²) in [4.78, 5) is 3.13. The van der Waals surface area contributed by atoms with Gasteiger partial charge in [0.05, 0.1) is 48.6 Å². The van der Waals surface area contributed by atoms with Gasteiger partial charge in [-0.3, -0.25) is 0 Å².